The maximum absolute atomic E-state index is 12.7. The molecule has 6 nitrogen and oxygen atoms in total. The topological polar surface area (TPSA) is 79.9 Å². The van der Waals surface area contributed by atoms with Gasteiger partial charge < -0.3 is 9.72 Å². The van der Waals surface area contributed by atoms with Crippen LogP contribution >= 0.6 is 11.6 Å². The zero-order chi connectivity index (χ0) is 21.6. The number of nitrogens with zero attached hydrogens (tertiary/aromatic N) is 2. The van der Waals surface area contributed by atoms with E-state index in [0.29, 0.717) is 27.7 Å². The van der Waals surface area contributed by atoms with Gasteiger partial charge in [-0.1, -0.05) is 38.4 Å². The molecule has 0 bridgehead atoms. The summed E-state index contributed by atoms with van der Waals surface area (Å²) in [7, 11) is -1.63. The van der Waals surface area contributed by atoms with Gasteiger partial charge in [-0.05, 0) is 25.5 Å². The van der Waals surface area contributed by atoms with Crippen LogP contribution in [0.1, 0.15) is 32.2 Å². The number of ether oxygens (including phenoxy) is 1. The van der Waals surface area contributed by atoms with Crippen molar-refractivity contribution in [2.45, 2.75) is 45.4 Å². The number of aromatic amines is 1. The predicted octanol–water partition coefficient (Wildman–Crippen LogP) is 5.29. The van der Waals surface area contributed by atoms with E-state index in [4.69, 9.17) is 16.3 Å². The van der Waals surface area contributed by atoms with Crippen LogP contribution < -0.4 is 9.46 Å². The van der Waals surface area contributed by atoms with Gasteiger partial charge in [-0.25, -0.2) is 23.0 Å². The van der Waals surface area contributed by atoms with E-state index < -0.39 is 24.0 Å². The third-order valence-electron chi connectivity index (χ3n) is 3.78. The average molecular weight is 445 g/mol. The van der Waals surface area contributed by atoms with Crippen LogP contribution in [-0.4, -0.2) is 32.2 Å². The Morgan fingerprint density at radius 1 is 1.31 bits per heavy atom. The van der Waals surface area contributed by atoms with E-state index in [1.54, 1.807) is 31.3 Å². The highest BCUT2D eigenvalue weighted by Crippen LogP contribution is 2.26. The summed E-state index contributed by atoms with van der Waals surface area (Å²) in [5.41, 5.74) is 1.62. The minimum Gasteiger partial charge on any atom is -0.484 e. The molecule has 1 atom stereocenters. The van der Waals surface area contributed by atoms with E-state index in [1.807, 2.05) is 20.8 Å². The number of aryl methyl sites for hydroxylation is 2. The molecule has 1 aromatic carbocycles. The van der Waals surface area contributed by atoms with Gasteiger partial charge in [0.2, 0.25) is 5.95 Å². The normalized spacial score (nSPS) is 11.9. The van der Waals surface area contributed by atoms with Crippen LogP contribution in [0.3, 0.4) is 0 Å². The first-order chi connectivity index (χ1) is 13.9. The predicted molar refractivity (Wildman–Crippen MR) is 112 cm³/mol. The molecule has 0 spiro atoms. The van der Waals surface area contributed by atoms with Crippen molar-refractivity contribution < 1.29 is 17.7 Å². The molecule has 2 heterocycles. The van der Waals surface area contributed by atoms with Crippen molar-refractivity contribution in [3.63, 3.8) is 0 Å². The van der Waals surface area contributed by atoms with Gasteiger partial charge in [-0.3, -0.25) is 4.72 Å². The van der Waals surface area contributed by atoms with Gasteiger partial charge in [0.25, 0.3) is 6.43 Å². The van der Waals surface area contributed by atoms with Crippen molar-refractivity contribution >= 4 is 39.4 Å². The molecule has 0 fully saturated rings. The molecule has 2 N–H and O–H groups in total. The molecule has 0 aliphatic rings. The SMILES string of the molecule is CC.CCc1nc(NS(=O)c2c[nH]c3cc(Cl)ccc23)nc(C)c1OCC(F)F. The maximum Gasteiger partial charge on any atom is 0.272 e. The summed E-state index contributed by atoms with van der Waals surface area (Å²) in [5, 5.41) is 1.33. The van der Waals surface area contributed by atoms with Crippen LogP contribution in [-0.2, 0) is 17.4 Å². The van der Waals surface area contributed by atoms with Gasteiger partial charge in [0, 0.05) is 22.1 Å². The number of fused-ring (bicyclic) bond motifs is 1. The second-order valence-corrected chi connectivity index (χ2v) is 7.30. The number of rotatable bonds is 7. The summed E-state index contributed by atoms with van der Waals surface area (Å²) < 4.78 is 45.4. The lowest BCUT2D eigenvalue weighted by molar-refractivity contribution is 0.0806. The molecule has 1 unspecified atom stereocenters. The van der Waals surface area contributed by atoms with Crippen molar-refractivity contribution in [2.75, 3.05) is 11.3 Å². The number of benzene rings is 1. The summed E-state index contributed by atoms with van der Waals surface area (Å²) in [5.74, 6) is 0.367. The van der Waals surface area contributed by atoms with Gasteiger partial charge in [0.15, 0.2) is 16.7 Å². The Morgan fingerprint density at radius 3 is 2.69 bits per heavy atom. The molecule has 0 amide bonds. The van der Waals surface area contributed by atoms with Crippen molar-refractivity contribution in [2.24, 2.45) is 0 Å². The fourth-order valence-electron chi connectivity index (χ4n) is 2.60. The van der Waals surface area contributed by atoms with Crippen LogP contribution in [0, 0.1) is 6.92 Å². The minimum atomic E-state index is -2.59. The van der Waals surface area contributed by atoms with Gasteiger partial charge in [0.1, 0.15) is 6.61 Å². The molecule has 0 radical (unpaired) electrons. The standard InChI is InChI=1S/C17H17ClF2N4O2S.C2H6/c1-3-12-16(26-8-15(19)20)9(2)22-17(23-12)24-27(25)14-7-21-13-6-10(18)4-5-11(13)14;1-2/h4-7,15,21H,3,8H2,1-2H3,(H,22,23,24);1-2H3. The second-order valence-electron chi connectivity index (χ2n) is 5.68. The summed E-state index contributed by atoms with van der Waals surface area (Å²) in [6.45, 7) is 6.72. The van der Waals surface area contributed by atoms with Crippen molar-refractivity contribution in [1.82, 2.24) is 15.0 Å². The number of alkyl halides is 2. The lowest BCUT2D eigenvalue weighted by atomic mass is 10.2. The Kier molecular flexibility index (Phi) is 8.33. The van der Waals surface area contributed by atoms with E-state index >= 15 is 0 Å². The Balaban J connectivity index is 0.00000145. The molecule has 3 aromatic rings. The third-order valence-corrected chi connectivity index (χ3v) is 5.12. The summed E-state index contributed by atoms with van der Waals surface area (Å²) in [4.78, 5) is 12.0. The minimum absolute atomic E-state index is 0.135. The van der Waals surface area contributed by atoms with Crippen molar-refractivity contribution in [1.29, 1.82) is 0 Å². The Morgan fingerprint density at radius 2 is 2.03 bits per heavy atom. The van der Waals surface area contributed by atoms with Crippen molar-refractivity contribution in [3.8, 4) is 5.75 Å². The summed E-state index contributed by atoms with van der Waals surface area (Å²) in [6.07, 6.45) is -0.512. The van der Waals surface area contributed by atoms with Crippen LogP contribution in [0.5, 0.6) is 5.75 Å². The number of hydrogen-bond acceptors (Lipinski definition) is 4. The maximum atomic E-state index is 12.7. The molecule has 0 saturated carbocycles. The largest absolute Gasteiger partial charge is 0.484 e. The lowest BCUT2D eigenvalue weighted by Gasteiger charge is -2.13. The molecule has 10 heteroatoms. The smallest absolute Gasteiger partial charge is 0.272 e. The molecular weight excluding hydrogens is 422 g/mol. The number of halogens is 3. The second kappa shape index (κ2) is 10.5. The van der Waals surface area contributed by atoms with Crippen LogP contribution in [0.2, 0.25) is 5.02 Å². The highest BCUT2D eigenvalue weighted by Gasteiger charge is 2.17. The Bertz CT molecular complexity index is 998. The average Bonchev–Trinajstić information content (AvgIpc) is 3.11. The number of H-pyrrole nitrogens is 1. The fourth-order valence-corrected chi connectivity index (χ4v) is 3.69. The molecule has 29 heavy (non-hydrogen) atoms. The highest BCUT2D eigenvalue weighted by molar-refractivity contribution is 7.86. The highest BCUT2D eigenvalue weighted by atomic mass is 35.5. The van der Waals surface area contributed by atoms with Crippen molar-refractivity contribution in [3.05, 3.63) is 40.8 Å². The number of aromatic nitrogens is 3. The van der Waals surface area contributed by atoms with Gasteiger partial charge >= 0.3 is 0 Å². The number of hydrogen-bond donors (Lipinski definition) is 2. The molecule has 158 valence electrons. The lowest BCUT2D eigenvalue weighted by Crippen LogP contribution is -2.14. The summed E-state index contributed by atoms with van der Waals surface area (Å²) in [6, 6.07) is 5.22. The molecule has 0 aliphatic carbocycles. The first-order valence-electron chi connectivity index (χ1n) is 9.12. The zero-order valence-electron chi connectivity index (χ0n) is 16.6. The Labute approximate surface area is 175 Å². The quantitative estimate of drug-likeness (QED) is 0.519. The third kappa shape index (κ3) is 5.63. The van der Waals surface area contributed by atoms with Gasteiger partial charge in [-0.15, -0.1) is 0 Å². The molecule has 0 saturated heterocycles. The van der Waals surface area contributed by atoms with E-state index in [-0.39, 0.29) is 11.7 Å². The van der Waals surface area contributed by atoms with Crippen LogP contribution in [0.25, 0.3) is 10.9 Å². The Hall–Kier alpha value is -2.26. The van der Waals surface area contributed by atoms with E-state index in [0.717, 1.165) is 10.9 Å². The van der Waals surface area contributed by atoms with Gasteiger partial charge in [0.05, 0.1) is 16.3 Å². The first kappa shape index (κ1) is 23.0. The molecule has 0 aliphatic heterocycles. The fraction of sp³-hybridized carbons (Fsp3) is 0.368. The van der Waals surface area contributed by atoms with Crippen LogP contribution in [0.4, 0.5) is 14.7 Å². The number of anilines is 1. The van der Waals surface area contributed by atoms with E-state index in [1.165, 1.54) is 0 Å². The molecule has 3 rings (SSSR count). The monoisotopic (exact) mass is 444 g/mol. The van der Waals surface area contributed by atoms with Crippen LogP contribution in [0.15, 0.2) is 29.3 Å². The van der Waals surface area contributed by atoms with Gasteiger partial charge in [-0.2, -0.15) is 0 Å². The van der Waals surface area contributed by atoms with E-state index in [2.05, 4.69) is 19.7 Å². The molecular formula is C19H23ClF2N4O2S. The van der Waals surface area contributed by atoms with E-state index in [9.17, 15) is 13.0 Å². The number of nitrogens with one attached hydrogen (secondary N) is 2. The zero-order valence-corrected chi connectivity index (χ0v) is 18.1. The summed E-state index contributed by atoms with van der Waals surface area (Å²) >= 11 is 5.96. The first-order valence-corrected chi connectivity index (χ1v) is 10.6. The molecule has 2 aromatic heterocycles.